The molecule has 0 aliphatic heterocycles. The Morgan fingerprint density at radius 1 is 0.960 bits per heavy atom. The maximum atomic E-state index is 12.8. The Morgan fingerprint density at radius 3 is 2.20 bits per heavy atom. The van der Waals surface area contributed by atoms with Gasteiger partial charge >= 0.3 is 0 Å². The van der Waals surface area contributed by atoms with E-state index in [0.29, 0.717) is 24.1 Å². The van der Waals surface area contributed by atoms with Gasteiger partial charge in [0.1, 0.15) is 6.04 Å². The van der Waals surface area contributed by atoms with Gasteiger partial charge in [-0.1, -0.05) is 48.5 Å². The number of amides is 2. The monoisotopic (exact) mass is 338 g/mol. The minimum atomic E-state index is -0.804. The molecule has 1 aliphatic carbocycles. The van der Waals surface area contributed by atoms with Crippen molar-refractivity contribution in [2.45, 2.75) is 31.4 Å². The van der Waals surface area contributed by atoms with E-state index in [1.165, 1.54) is 0 Å². The van der Waals surface area contributed by atoms with Crippen LogP contribution >= 0.6 is 0 Å². The summed E-state index contributed by atoms with van der Waals surface area (Å²) in [5.74, 6) is -1.03. The number of aliphatic hydroxyl groups excluding tert-OH is 1. The van der Waals surface area contributed by atoms with E-state index < -0.39 is 18.1 Å². The maximum Gasteiger partial charge on any atom is 0.251 e. The Hall–Kier alpha value is -2.66. The van der Waals surface area contributed by atoms with Gasteiger partial charge < -0.3 is 15.7 Å². The first-order valence-electron chi connectivity index (χ1n) is 8.54. The van der Waals surface area contributed by atoms with E-state index in [4.69, 9.17) is 0 Å². The quantitative estimate of drug-likeness (QED) is 0.784. The number of anilines is 1. The number of nitrogens with one attached hydrogen (secondary N) is 2. The van der Waals surface area contributed by atoms with E-state index >= 15 is 0 Å². The topological polar surface area (TPSA) is 78.4 Å². The van der Waals surface area contributed by atoms with Crippen molar-refractivity contribution in [3.8, 4) is 0 Å². The summed E-state index contributed by atoms with van der Waals surface area (Å²) in [4.78, 5) is 25.3. The molecule has 3 N–H and O–H groups in total. The zero-order chi connectivity index (χ0) is 17.6. The van der Waals surface area contributed by atoms with Crippen LogP contribution in [0.2, 0.25) is 0 Å². The number of carbonyl (C=O) groups excluding carboxylic acids is 2. The summed E-state index contributed by atoms with van der Waals surface area (Å²) in [6.07, 6.45) is 1.47. The number of hydrogen-bond acceptors (Lipinski definition) is 3. The Balaban J connectivity index is 1.78. The second kappa shape index (κ2) is 7.94. The fraction of sp³-hybridized carbons (Fsp3) is 0.300. The summed E-state index contributed by atoms with van der Waals surface area (Å²) in [7, 11) is 0. The van der Waals surface area contributed by atoms with Crippen molar-refractivity contribution in [1.82, 2.24) is 5.32 Å². The van der Waals surface area contributed by atoms with Gasteiger partial charge in [-0.15, -0.1) is 0 Å². The molecule has 3 unspecified atom stereocenters. The summed E-state index contributed by atoms with van der Waals surface area (Å²) >= 11 is 0. The summed E-state index contributed by atoms with van der Waals surface area (Å²) < 4.78 is 0. The van der Waals surface area contributed by atoms with Gasteiger partial charge in [-0.05, 0) is 37.0 Å². The third-order valence-corrected chi connectivity index (χ3v) is 4.54. The smallest absolute Gasteiger partial charge is 0.251 e. The first-order chi connectivity index (χ1) is 12.1. The molecule has 2 aromatic carbocycles. The van der Waals surface area contributed by atoms with Gasteiger partial charge in [-0.2, -0.15) is 0 Å². The molecule has 0 saturated heterocycles. The fourth-order valence-corrected chi connectivity index (χ4v) is 3.18. The number of rotatable bonds is 5. The van der Waals surface area contributed by atoms with Crippen molar-refractivity contribution in [3.05, 3.63) is 66.2 Å². The van der Waals surface area contributed by atoms with Crippen molar-refractivity contribution < 1.29 is 14.7 Å². The second-order valence-corrected chi connectivity index (χ2v) is 6.31. The summed E-state index contributed by atoms with van der Waals surface area (Å²) in [5.41, 5.74) is 1.38. The van der Waals surface area contributed by atoms with Crippen LogP contribution in [0, 0.1) is 5.92 Å². The van der Waals surface area contributed by atoms with Crippen LogP contribution in [0.25, 0.3) is 0 Å². The lowest BCUT2D eigenvalue weighted by Gasteiger charge is -2.22. The van der Waals surface area contributed by atoms with Gasteiger partial charge in [-0.25, -0.2) is 0 Å². The molecule has 0 aromatic heterocycles. The van der Waals surface area contributed by atoms with Gasteiger partial charge in [0, 0.05) is 5.69 Å². The van der Waals surface area contributed by atoms with Crippen molar-refractivity contribution >= 4 is 17.5 Å². The van der Waals surface area contributed by atoms with E-state index in [0.717, 1.165) is 6.42 Å². The van der Waals surface area contributed by atoms with Gasteiger partial charge in [0.15, 0.2) is 0 Å². The van der Waals surface area contributed by atoms with Crippen LogP contribution in [-0.4, -0.2) is 23.0 Å². The highest BCUT2D eigenvalue weighted by molar-refractivity contribution is 5.98. The van der Waals surface area contributed by atoms with Crippen molar-refractivity contribution in [1.29, 1.82) is 0 Å². The van der Waals surface area contributed by atoms with Crippen LogP contribution in [-0.2, 0) is 9.59 Å². The van der Waals surface area contributed by atoms with E-state index in [2.05, 4.69) is 10.6 Å². The number of para-hydroxylation sites is 1. The minimum absolute atomic E-state index is 0.276. The lowest BCUT2D eigenvalue weighted by molar-refractivity contribution is -0.131. The highest BCUT2D eigenvalue weighted by Crippen LogP contribution is 2.27. The van der Waals surface area contributed by atoms with Crippen LogP contribution in [0.15, 0.2) is 60.7 Å². The van der Waals surface area contributed by atoms with Gasteiger partial charge in [-0.3, -0.25) is 9.59 Å². The Kier molecular flexibility index (Phi) is 5.46. The molecule has 0 heterocycles. The molecule has 1 aliphatic rings. The predicted molar refractivity (Wildman–Crippen MR) is 95.7 cm³/mol. The Labute approximate surface area is 147 Å². The normalized spacial score (nSPS) is 20.7. The summed E-state index contributed by atoms with van der Waals surface area (Å²) in [6.45, 7) is 0. The standard InChI is InChI=1S/C20H22N2O3/c23-17-13-7-12-16(17)19(24)22-18(14-8-3-1-4-9-14)20(25)21-15-10-5-2-6-11-15/h1-6,8-11,16-18,23H,7,12-13H2,(H,21,25)(H,22,24). The molecule has 130 valence electrons. The number of hydrogen-bond donors (Lipinski definition) is 3. The minimum Gasteiger partial charge on any atom is -0.392 e. The molecule has 3 rings (SSSR count). The average molecular weight is 338 g/mol. The average Bonchev–Trinajstić information content (AvgIpc) is 3.07. The van der Waals surface area contributed by atoms with Crippen LogP contribution < -0.4 is 10.6 Å². The molecule has 0 spiro atoms. The number of carbonyl (C=O) groups is 2. The van der Waals surface area contributed by atoms with E-state index in [9.17, 15) is 14.7 Å². The lowest BCUT2D eigenvalue weighted by Crippen LogP contribution is -2.41. The largest absolute Gasteiger partial charge is 0.392 e. The van der Waals surface area contributed by atoms with Crippen LogP contribution in [0.1, 0.15) is 30.9 Å². The van der Waals surface area contributed by atoms with Crippen molar-refractivity contribution in [2.24, 2.45) is 5.92 Å². The second-order valence-electron chi connectivity index (χ2n) is 6.31. The molecular weight excluding hydrogens is 316 g/mol. The molecule has 0 radical (unpaired) electrons. The molecule has 5 nitrogen and oxygen atoms in total. The molecule has 1 saturated carbocycles. The van der Waals surface area contributed by atoms with E-state index in [1.54, 1.807) is 24.3 Å². The van der Waals surface area contributed by atoms with Crippen molar-refractivity contribution in [2.75, 3.05) is 5.32 Å². The van der Waals surface area contributed by atoms with Gasteiger partial charge in [0.2, 0.25) is 5.91 Å². The third-order valence-electron chi connectivity index (χ3n) is 4.54. The highest BCUT2D eigenvalue weighted by atomic mass is 16.3. The zero-order valence-electron chi connectivity index (χ0n) is 13.9. The third kappa shape index (κ3) is 4.25. The predicted octanol–water partition coefficient (Wildman–Crippen LogP) is 2.64. The molecule has 2 aromatic rings. The van der Waals surface area contributed by atoms with Gasteiger partial charge in [0.25, 0.3) is 5.91 Å². The number of aliphatic hydroxyl groups is 1. The molecule has 1 fully saturated rings. The molecular formula is C20H22N2O3. The maximum absolute atomic E-state index is 12.8. The van der Waals surface area contributed by atoms with Crippen LogP contribution in [0.5, 0.6) is 0 Å². The lowest BCUT2D eigenvalue weighted by atomic mass is 10.0. The van der Waals surface area contributed by atoms with E-state index in [-0.39, 0.29) is 11.8 Å². The molecule has 25 heavy (non-hydrogen) atoms. The Bertz CT molecular complexity index is 718. The van der Waals surface area contributed by atoms with Crippen LogP contribution in [0.3, 0.4) is 0 Å². The van der Waals surface area contributed by atoms with Crippen LogP contribution in [0.4, 0.5) is 5.69 Å². The van der Waals surface area contributed by atoms with Gasteiger partial charge in [0.05, 0.1) is 12.0 Å². The molecule has 3 atom stereocenters. The highest BCUT2D eigenvalue weighted by Gasteiger charge is 2.34. The Morgan fingerprint density at radius 2 is 1.60 bits per heavy atom. The SMILES string of the molecule is O=C(Nc1ccccc1)C(NC(=O)C1CCCC1O)c1ccccc1. The number of benzene rings is 2. The zero-order valence-corrected chi connectivity index (χ0v) is 13.9. The fourth-order valence-electron chi connectivity index (χ4n) is 3.18. The first-order valence-corrected chi connectivity index (χ1v) is 8.54. The van der Waals surface area contributed by atoms with Crippen molar-refractivity contribution in [3.63, 3.8) is 0 Å². The summed E-state index contributed by atoms with van der Waals surface area (Å²) in [5, 5.41) is 15.6. The molecule has 2 amide bonds. The van der Waals surface area contributed by atoms with E-state index in [1.807, 2.05) is 36.4 Å². The first kappa shape index (κ1) is 17.2. The summed E-state index contributed by atoms with van der Waals surface area (Å²) in [6, 6.07) is 17.4. The molecule has 0 bridgehead atoms. The molecule has 5 heteroatoms.